The van der Waals surface area contributed by atoms with Gasteiger partial charge in [-0.25, -0.2) is 0 Å². The molecule has 2 nitrogen and oxygen atoms in total. The summed E-state index contributed by atoms with van der Waals surface area (Å²) in [6.45, 7) is 2.57. The van der Waals surface area contributed by atoms with Crippen molar-refractivity contribution in [3.8, 4) is 24.2 Å². The van der Waals surface area contributed by atoms with Crippen molar-refractivity contribution in [3.05, 3.63) is 0 Å². The molecule has 0 aliphatic rings. The van der Waals surface area contributed by atoms with Gasteiger partial charge >= 0.3 is 0 Å². The lowest BCUT2D eigenvalue weighted by atomic mass is 10.2. The lowest BCUT2D eigenvalue weighted by Crippen LogP contribution is -2.22. The number of carbonyl (C=O) groups is 1. The van der Waals surface area contributed by atoms with Crippen LogP contribution in [0.15, 0.2) is 0 Å². The monoisotopic (exact) mass is 163 g/mol. The molecule has 0 amide bonds. The van der Waals surface area contributed by atoms with E-state index in [4.69, 9.17) is 6.42 Å². The van der Waals surface area contributed by atoms with Crippen LogP contribution in [0.4, 0.5) is 0 Å². The Hall–Kier alpha value is -1.25. The highest BCUT2D eigenvalue weighted by Crippen LogP contribution is 1.87. The second-order valence-corrected chi connectivity index (χ2v) is 2.27. The van der Waals surface area contributed by atoms with Gasteiger partial charge in [-0.1, -0.05) is 5.92 Å². The van der Waals surface area contributed by atoms with Crippen molar-refractivity contribution in [1.82, 2.24) is 5.32 Å². The fourth-order valence-corrected chi connectivity index (χ4v) is 0.689. The molecule has 0 aromatic carbocycles. The maximum absolute atomic E-state index is 11.0. The molecule has 0 aromatic rings. The van der Waals surface area contributed by atoms with Gasteiger partial charge in [-0.3, -0.25) is 10.1 Å². The highest BCUT2D eigenvalue weighted by molar-refractivity contribution is 5.80. The molecular weight excluding hydrogens is 150 g/mol. The fourth-order valence-electron chi connectivity index (χ4n) is 0.689. The molecule has 0 saturated heterocycles. The van der Waals surface area contributed by atoms with Crippen molar-refractivity contribution in [2.75, 3.05) is 13.1 Å². The smallest absolute Gasteiger partial charge is 0.147 e. The third-order valence-corrected chi connectivity index (χ3v) is 1.25. The van der Waals surface area contributed by atoms with Crippen LogP contribution in [0.25, 0.3) is 0 Å². The number of hydrogen-bond acceptors (Lipinski definition) is 2. The van der Waals surface area contributed by atoms with Crippen molar-refractivity contribution < 1.29 is 4.79 Å². The molecule has 2 heteroatoms. The van der Waals surface area contributed by atoms with Gasteiger partial charge in [0.05, 0.1) is 13.1 Å². The van der Waals surface area contributed by atoms with Gasteiger partial charge in [0, 0.05) is 12.8 Å². The Labute approximate surface area is 73.7 Å². The minimum Gasteiger partial charge on any atom is -0.299 e. The van der Waals surface area contributed by atoms with Crippen LogP contribution in [0.2, 0.25) is 0 Å². The van der Waals surface area contributed by atoms with E-state index in [1.54, 1.807) is 6.92 Å². The molecular formula is C10H13NO. The molecule has 0 rings (SSSR count). The van der Waals surface area contributed by atoms with Crippen LogP contribution in [0.1, 0.15) is 19.8 Å². The van der Waals surface area contributed by atoms with Crippen LogP contribution < -0.4 is 5.32 Å². The van der Waals surface area contributed by atoms with E-state index in [0.29, 0.717) is 25.9 Å². The van der Waals surface area contributed by atoms with Gasteiger partial charge in [0.2, 0.25) is 0 Å². The van der Waals surface area contributed by atoms with Gasteiger partial charge in [0.25, 0.3) is 0 Å². The average molecular weight is 163 g/mol. The standard InChI is InChI=1S/C10H13NO/c1-3-5-6-7-10(12)9-11-8-4-2/h2,11H,6-9H2,1H3. The van der Waals surface area contributed by atoms with Gasteiger partial charge in [0.1, 0.15) is 5.78 Å². The predicted octanol–water partition coefficient (Wildman–Crippen LogP) is 0.582. The Morgan fingerprint density at radius 2 is 2.33 bits per heavy atom. The maximum atomic E-state index is 11.0. The predicted molar refractivity (Wildman–Crippen MR) is 49.4 cm³/mol. The number of Topliss-reactive ketones (excluding diaryl/α,β-unsaturated/α-hetero) is 1. The zero-order valence-electron chi connectivity index (χ0n) is 7.31. The molecule has 12 heavy (non-hydrogen) atoms. The summed E-state index contributed by atoms with van der Waals surface area (Å²) in [5, 5.41) is 2.83. The van der Waals surface area contributed by atoms with E-state index in [1.165, 1.54) is 0 Å². The zero-order valence-corrected chi connectivity index (χ0v) is 7.31. The number of ketones is 1. The summed E-state index contributed by atoms with van der Waals surface area (Å²) >= 11 is 0. The van der Waals surface area contributed by atoms with Gasteiger partial charge in [0.15, 0.2) is 0 Å². The minimum atomic E-state index is 0.160. The molecule has 64 valence electrons. The molecule has 0 aromatic heterocycles. The van der Waals surface area contributed by atoms with Gasteiger partial charge in [-0.2, -0.15) is 0 Å². The molecule has 0 aliphatic carbocycles. The Morgan fingerprint density at radius 3 is 2.92 bits per heavy atom. The SMILES string of the molecule is C#CCNCC(=O)CCC#CC. The van der Waals surface area contributed by atoms with Crippen molar-refractivity contribution >= 4 is 5.78 Å². The molecule has 0 fully saturated rings. The second-order valence-electron chi connectivity index (χ2n) is 2.27. The van der Waals surface area contributed by atoms with E-state index in [0.717, 1.165) is 0 Å². The summed E-state index contributed by atoms with van der Waals surface area (Å²) in [7, 11) is 0. The Bertz CT molecular complexity index is 226. The van der Waals surface area contributed by atoms with E-state index >= 15 is 0 Å². The largest absolute Gasteiger partial charge is 0.299 e. The van der Waals surface area contributed by atoms with Crippen LogP contribution in [0.3, 0.4) is 0 Å². The fraction of sp³-hybridized carbons (Fsp3) is 0.500. The molecule has 0 spiro atoms. The maximum Gasteiger partial charge on any atom is 0.147 e. The Balaban J connectivity index is 3.33. The topological polar surface area (TPSA) is 29.1 Å². The first-order valence-corrected chi connectivity index (χ1v) is 3.86. The zero-order chi connectivity index (χ0) is 9.23. The molecule has 0 radical (unpaired) electrons. The van der Waals surface area contributed by atoms with Crippen LogP contribution in [0.5, 0.6) is 0 Å². The first-order valence-electron chi connectivity index (χ1n) is 3.86. The number of nitrogens with one attached hydrogen (secondary N) is 1. The Kier molecular flexibility index (Phi) is 7.03. The van der Waals surface area contributed by atoms with E-state index in [-0.39, 0.29) is 5.78 Å². The summed E-state index contributed by atoms with van der Waals surface area (Å²) in [5.41, 5.74) is 0. The number of rotatable bonds is 5. The number of terminal acetylenes is 1. The van der Waals surface area contributed by atoms with Gasteiger partial charge in [-0.15, -0.1) is 18.3 Å². The third kappa shape index (κ3) is 6.86. The van der Waals surface area contributed by atoms with E-state index < -0.39 is 0 Å². The lowest BCUT2D eigenvalue weighted by Gasteiger charge is -1.96. The molecule has 0 heterocycles. The first kappa shape index (κ1) is 10.8. The van der Waals surface area contributed by atoms with Crippen molar-refractivity contribution in [1.29, 1.82) is 0 Å². The summed E-state index contributed by atoms with van der Waals surface area (Å²) in [6, 6.07) is 0. The molecule has 0 unspecified atom stereocenters. The van der Waals surface area contributed by atoms with Crippen LogP contribution >= 0.6 is 0 Å². The first-order chi connectivity index (χ1) is 5.81. The van der Waals surface area contributed by atoms with Gasteiger partial charge in [-0.05, 0) is 6.92 Å². The number of hydrogen-bond donors (Lipinski definition) is 1. The third-order valence-electron chi connectivity index (χ3n) is 1.25. The lowest BCUT2D eigenvalue weighted by molar-refractivity contribution is -0.118. The van der Waals surface area contributed by atoms with E-state index in [9.17, 15) is 4.79 Å². The highest BCUT2D eigenvalue weighted by Gasteiger charge is 1.97. The number of carbonyl (C=O) groups excluding carboxylic acids is 1. The Morgan fingerprint density at radius 1 is 1.58 bits per heavy atom. The van der Waals surface area contributed by atoms with Crippen molar-refractivity contribution in [2.45, 2.75) is 19.8 Å². The van der Waals surface area contributed by atoms with Crippen molar-refractivity contribution in [3.63, 3.8) is 0 Å². The summed E-state index contributed by atoms with van der Waals surface area (Å²) < 4.78 is 0. The van der Waals surface area contributed by atoms with Crippen LogP contribution in [0, 0.1) is 24.2 Å². The summed E-state index contributed by atoms with van der Waals surface area (Å²) in [4.78, 5) is 11.0. The summed E-state index contributed by atoms with van der Waals surface area (Å²) in [5.74, 6) is 8.13. The molecule has 0 aliphatic heterocycles. The minimum absolute atomic E-state index is 0.160. The van der Waals surface area contributed by atoms with Crippen LogP contribution in [-0.4, -0.2) is 18.9 Å². The normalized spacial score (nSPS) is 8.00. The quantitative estimate of drug-likeness (QED) is 0.474. The van der Waals surface area contributed by atoms with E-state index in [2.05, 4.69) is 23.1 Å². The second kappa shape index (κ2) is 7.85. The molecule has 0 saturated carbocycles. The molecule has 0 bridgehead atoms. The summed E-state index contributed by atoms with van der Waals surface area (Å²) in [6.07, 6.45) is 6.15. The van der Waals surface area contributed by atoms with Crippen LogP contribution in [-0.2, 0) is 4.79 Å². The highest BCUT2D eigenvalue weighted by atomic mass is 16.1. The molecule has 0 atom stereocenters. The molecule has 1 N–H and O–H groups in total. The van der Waals surface area contributed by atoms with E-state index in [1.807, 2.05) is 0 Å². The van der Waals surface area contributed by atoms with Crippen molar-refractivity contribution in [2.24, 2.45) is 0 Å². The average Bonchev–Trinajstić information content (AvgIpc) is 2.06. The van der Waals surface area contributed by atoms with Gasteiger partial charge < -0.3 is 0 Å².